The Bertz CT molecular complexity index is 573. The molecular formula is C13H19FN2O3S. The normalized spacial score (nSPS) is 11.3. The lowest BCUT2D eigenvalue weighted by atomic mass is 10.2. The van der Waals surface area contributed by atoms with Crippen LogP contribution >= 0.6 is 0 Å². The van der Waals surface area contributed by atoms with Gasteiger partial charge in [-0.3, -0.25) is 4.79 Å². The Hall–Kier alpha value is -1.63. The van der Waals surface area contributed by atoms with E-state index in [1.165, 1.54) is 12.1 Å². The molecule has 0 aromatic heterocycles. The van der Waals surface area contributed by atoms with Crippen LogP contribution in [0.25, 0.3) is 0 Å². The van der Waals surface area contributed by atoms with E-state index in [2.05, 4.69) is 5.32 Å². The van der Waals surface area contributed by atoms with Gasteiger partial charge in [0.25, 0.3) is 0 Å². The molecule has 1 aromatic carbocycles. The average molecular weight is 302 g/mol. The summed E-state index contributed by atoms with van der Waals surface area (Å²) in [5.74, 6) is -1.09. The number of hydrogen-bond acceptors (Lipinski definition) is 4. The second-order valence-corrected chi connectivity index (χ2v) is 6.84. The maximum absolute atomic E-state index is 12.9. The zero-order chi connectivity index (χ0) is 15.2. The van der Waals surface area contributed by atoms with Crippen molar-refractivity contribution in [3.05, 3.63) is 24.0 Å². The van der Waals surface area contributed by atoms with Crippen molar-refractivity contribution in [1.82, 2.24) is 0 Å². The first-order valence-corrected chi connectivity index (χ1v) is 8.21. The SMILES string of the molecule is CCCCS(=O)(=O)CCC(=O)Nc1ccc(F)c(N)c1. The third-order valence-electron chi connectivity index (χ3n) is 2.73. The van der Waals surface area contributed by atoms with Crippen molar-refractivity contribution < 1.29 is 17.6 Å². The molecule has 0 radical (unpaired) electrons. The van der Waals surface area contributed by atoms with Gasteiger partial charge in [0.15, 0.2) is 9.84 Å². The summed E-state index contributed by atoms with van der Waals surface area (Å²) >= 11 is 0. The monoisotopic (exact) mass is 302 g/mol. The minimum Gasteiger partial charge on any atom is -0.396 e. The summed E-state index contributed by atoms with van der Waals surface area (Å²) in [5, 5.41) is 2.49. The molecule has 1 rings (SSSR count). The Kier molecular flexibility index (Phi) is 5.94. The van der Waals surface area contributed by atoms with E-state index in [1.54, 1.807) is 0 Å². The molecule has 0 saturated heterocycles. The van der Waals surface area contributed by atoms with Crippen LogP contribution in [-0.2, 0) is 14.6 Å². The van der Waals surface area contributed by atoms with Crippen molar-refractivity contribution >= 4 is 27.1 Å². The molecule has 0 saturated carbocycles. The molecule has 1 aromatic rings. The molecule has 0 atom stereocenters. The topological polar surface area (TPSA) is 89.3 Å². The molecule has 20 heavy (non-hydrogen) atoms. The minimum atomic E-state index is -3.19. The maximum atomic E-state index is 12.9. The fourth-order valence-corrected chi connectivity index (χ4v) is 2.99. The Morgan fingerprint density at radius 2 is 2.05 bits per heavy atom. The van der Waals surface area contributed by atoms with Gasteiger partial charge in [0.1, 0.15) is 5.82 Å². The lowest BCUT2D eigenvalue weighted by Crippen LogP contribution is -2.19. The standard InChI is InChI=1S/C13H19FN2O3S/c1-2-3-7-20(18,19)8-6-13(17)16-10-4-5-11(14)12(15)9-10/h4-5,9H,2-3,6-8,15H2,1H3,(H,16,17). The van der Waals surface area contributed by atoms with Gasteiger partial charge in [-0.15, -0.1) is 0 Å². The summed E-state index contributed by atoms with van der Waals surface area (Å²) in [5.41, 5.74) is 5.65. The Morgan fingerprint density at radius 1 is 1.35 bits per heavy atom. The van der Waals surface area contributed by atoms with E-state index < -0.39 is 21.6 Å². The number of rotatable bonds is 7. The molecule has 0 spiro atoms. The molecule has 5 nitrogen and oxygen atoms in total. The predicted octanol–water partition coefficient (Wildman–Crippen LogP) is 1.95. The van der Waals surface area contributed by atoms with Crippen molar-refractivity contribution in [1.29, 1.82) is 0 Å². The molecule has 0 aliphatic heterocycles. The van der Waals surface area contributed by atoms with Gasteiger partial charge in [-0.2, -0.15) is 0 Å². The third-order valence-corrected chi connectivity index (χ3v) is 4.47. The van der Waals surface area contributed by atoms with Crippen LogP contribution < -0.4 is 11.1 Å². The summed E-state index contributed by atoms with van der Waals surface area (Å²) in [4.78, 5) is 11.6. The lowest BCUT2D eigenvalue weighted by molar-refractivity contribution is -0.115. The first-order chi connectivity index (χ1) is 9.34. The number of nitrogen functional groups attached to an aromatic ring is 1. The van der Waals surface area contributed by atoms with E-state index in [0.717, 1.165) is 12.5 Å². The molecule has 0 unspecified atom stereocenters. The average Bonchev–Trinajstić information content (AvgIpc) is 2.39. The van der Waals surface area contributed by atoms with Gasteiger partial charge in [-0.25, -0.2) is 12.8 Å². The minimum absolute atomic E-state index is 0.0710. The molecule has 3 N–H and O–H groups in total. The van der Waals surface area contributed by atoms with Crippen LogP contribution in [-0.4, -0.2) is 25.8 Å². The zero-order valence-electron chi connectivity index (χ0n) is 11.4. The van der Waals surface area contributed by atoms with Crippen molar-refractivity contribution in [2.24, 2.45) is 0 Å². The molecule has 7 heteroatoms. The number of nitrogens with one attached hydrogen (secondary N) is 1. The maximum Gasteiger partial charge on any atom is 0.225 e. The van der Waals surface area contributed by atoms with Crippen molar-refractivity contribution in [2.75, 3.05) is 22.6 Å². The Balaban J connectivity index is 2.49. The van der Waals surface area contributed by atoms with Gasteiger partial charge in [0.2, 0.25) is 5.91 Å². The second-order valence-electron chi connectivity index (χ2n) is 4.54. The first-order valence-electron chi connectivity index (χ1n) is 6.39. The summed E-state index contributed by atoms with van der Waals surface area (Å²) in [6.07, 6.45) is 1.27. The second kappa shape index (κ2) is 7.23. The first kappa shape index (κ1) is 16.4. The van der Waals surface area contributed by atoms with E-state index >= 15 is 0 Å². The van der Waals surface area contributed by atoms with Crippen LogP contribution in [0.15, 0.2) is 18.2 Å². The van der Waals surface area contributed by atoms with Gasteiger partial charge in [0, 0.05) is 12.1 Å². The number of carbonyl (C=O) groups is 1. The Morgan fingerprint density at radius 3 is 2.65 bits per heavy atom. The molecule has 0 aliphatic carbocycles. The van der Waals surface area contributed by atoms with Crippen molar-refractivity contribution in [2.45, 2.75) is 26.2 Å². The number of carbonyl (C=O) groups excluding carboxylic acids is 1. The summed E-state index contributed by atoms with van der Waals surface area (Å²) in [6.45, 7) is 1.90. The predicted molar refractivity (Wildman–Crippen MR) is 77.6 cm³/mol. The number of anilines is 2. The fraction of sp³-hybridized carbons (Fsp3) is 0.462. The van der Waals surface area contributed by atoms with Crippen molar-refractivity contribution in [3.63, 3.8) is 0 Å². The third kappa shape index (κ3) is 5.56. The largest absolute Gasteiger partial charge is 0.396 e. The van der Waals surface area contributed by atoms with Crippen LogP contribution in [0.5, 0.6) is 0 Å². The molecular weight excluding hydrogens is 283 g/mol. The van der Waals surface area contributed by atoms with Crippen LogP contribution in [0.4, 0.5) is 15.8 Å². The van der Waals surface area contributed by atoms with Gasteiger partial charge in [-0.05, 0) is 24.6 Å². The smallest absolute Gasteiger partial charge is 0.225 e. The quantitative estimate of drug-likeness (QED) is 0.753. The highest BCUT2D eigenvalue weighted by Crippen LogP contribution is 2.16. The Labute approximate surface area is 118 Å². The van der Waals surface area contributed by atoms with Gasteiger partial charge in [-0.1, -0.05) is 13.3 Å². The lowest BCUT2D eigenvalue weighted by Gasteiger charge is -2.07. The molecule has 112 valence electrons. The summed E-state index contributed by atoms with van der Waals surface area (Å²) < 4.78 is 36.1. The summed E-state index contributed by atoms with van der Waals surface area (Å²) in [7, 11) is -3.19. The number of nitrogens with two attached hydrogens (primary N) is 1. The van der Waals surface area contributed by atoms with Gasteiger partial charge in [0.05, 0.1) is 17.2 Å². The molecule has 0 heterocycles. The van der Waals surface area contributed by atoms with Crippen LogP contribution in [0.1, 0.15) is 26.2 Å². The van der Waals surface area contributed by atoms with E-state index in [9.17, 15) is 17.6 Å². The van der Waals surface area contributed by atoms with Gasteiger partial charge < -0.3 is 11.1 Å². The highest BCUT2D eigenvalue weighted by atomic mass is 32.2. The van der Waals surface area contributed by atoms with E-state index in [4.69, 9.17) is 5.73 Å². The molecule has 0 fully saturated rings. The van der Waals surface area contributed by atoms with Crippen LogP contribution in [0.2, 0.25) is 0 Å². The van der Waals surface area contributed by atoms with E-state index in [1.807, 2.05) is 6.92 Å². The van der Waals surface area contributed by atoms with E-state index in [-0.39, 0.29) is 23.6 Å². The van der Waals surface area contributed by atoms with Gasteiger partial charge >= 0.3 is 0 Å². The number of benzene rings is 1. The fourth-order valence-electron chi connectivity index (χ4n) is 1.56. The van der Waals surface area contributed by atoms with Crippen LogP contribution in [0, 0.1) is 5.82 Å². The number of halogens is 1. The molecule has 1 amide bonds. The number of sulfone groups is 1. The van der Waals surface area contributed by atoms with Crippen LogP contribution in [0.3, 0.4) is 0 Å². The van der Waals surface area contributed by atoms with E-state index in [0.29, 0.717) is 12.1 Å². The molecule has 0 bridgehead atoms. The number of hydrogen-bond donors (Lipinski definition) is 2. The highest BCUT2D eigenvalue weighted by molar-refractivity contribution is 7.91. The summed E-state index contributed by atoms with van der Waals surface area (Å²) in [6, 6.07) is 3.80. The number of unbranched alkanes of at least 4 members (excludes halogenated alkanes) is 1. The highest BCUT2D eigenvalue weighted by Gasteiger charge is 2.13. The zero-order valence-corrected chi connectivity index (χ0v) is 12.2. The molecule has 0 aliphatic rings. The number of amides is 1. The van der Waals surface area contributed by atoms with Crippen molar-refractivity contribution in [3.8, 4) is 0 Å².